The average Bonchev–Trinajstić information content (AvgIpc) is 2.97. The Balaban J connectivity index is 2.02. The van der Waals surface area contributed by atoms with Crippen LogP contribution < -0.4 is 14.4 Å². The molecule has 0 heterocycles. The number of rotatable bonds is 14. The molecule has 3 aromatic rings. The van der Waals surface area contributed by atoms with E-state index in [0.29, 0.717) is 24.4 Å². The van der Waals surface area contributed by atoms with Crippen LogP contribution >= 0.6 is 15.9 Å². The molecule has 0 aliphatic rings. The van der Waals surface area contributed by atoms with Gasteiger partial charge in [-0.2, -0.15) is 0 Å². The van der Waals surface area contributed by atoms with Crippen LogP contribution in [0.2, 0.25) is 0 Å². The van der Waals surface area contributed by atoms with Gasteiger partial charge in [-0.1, -0.05) is 66.0 Å². The Hall–Kier alpha value is -3.37. The van der Waals surface area contributed by atoms with Gasteiger partial charge in [-0.15, -0.1) is 0 Å². The van der Waals surface area contributed by atoms with Crippen molar-refractivity contribution in [2.45, 2.75) is 57.5 Å². The van der Waals surface area contributed by atoms with E-state index < -0.39 is 28.5 Å². The number of ether oxygens (including phenoxy) is 1. The highest BCUT2D eigenvalue weighted by atomic mass is 79.9. The number of hydrogen-bond acceptors (Lipinski definition) is 5. The molecule has 0 radical (unpaired) electrons. The van der Waals surface area contributed by atoms with Crippen molar-refractivity contribution in [3.05, 3.63) is 88.4 Å². The fraction of sp³-hybridized carbons (Fsp3) is 0.355. The van der Waals surface area contributed by atoms with Gasteiger partial charge in [-0.25, -0.2) is 8.42 Å². The number of anilines is 1. The van der Waals surface area contributed by atoms with E-state index in [-0.39, 0.29) is 17.3 Å². The number of methoxy groups -OCH3 is 1. The van der Waals surface area contributed by atoms with Gasteiger partial charge in [-0.05, 0) is 73.9 Å². The molecule has 0 saturated carbocycles. The van der Waals surface area contributed by atoms with Crippen molar-refractivity contribution < 1.29 is 22.7 Å². The van der Waals surface area contributed by atoms with Crippen LogP contribution in [0.3, 0.4) is 0 Å². The number of benzene rings is 3. The lowest BCUT2D eigenvalue weighted by Gasteiger charge is -2.33. The first-order valence-corrected chi connectivity index (χ1v) is 15.9. The second-order valence-corrected chi connectivity index (χ2v) is 12.5. The third-order valence-corrected chi connectivity index (χ3v) is 9.05. The zero-order chi connectivity index (χ0) is 30.0. The monoisotopic (exact) mass is 643 g/mol. The Morgan fingerprint density at radius 1 is 0.951 bits per heavy atom. The average molecular weight is 645 g/mol. The highest BCUT2D eigenvalue weighted by Crippen LogP contribution is 2.27. The molecule has 220 valence electrons. The van der Waals surface area contributed by atoms with Crippen molar-refractivity contribution in [1.82, 2.24) is 10.2 Å². The summed E-state index contributed by atoms with van der Waals surface area (Å²) in [4.78, 5) is 28.9. The third kappa shape index (κ3) is 8.56. The van der Waals surface area contributed by atoms with Gasteiger partial charge in [0.05, 0.1) is 17.7 Å². The standard InChI is InChI=1S/C31H38BrN3O5S/c1-5-7-20-33-31(37)29(6-2)34(21-24-10-16-27(40-4)17-11-24)30(36)22-35(26-14-12-25(32)13-15-26)41(38,39)28-18-8-23(3)9-19-28/h8-19,29H,5-7,20-22H2,1-4H3,(H,33,37). The minimum absolute atomic E-state index is 0.0740. The molecule has 1 atom stereocenters. The van der Waals surface area contributed by atoms with Crippen LogP contribution in [-0.4, -0.2) is 51.4 Å². The molecule has 1 N–H and O–H groups in total. The summed E-state index contributed by atoms with van der Waals surface area (Å²) in [5, 5.41) is 2.94. The van der Waals surface area contributed by atoms with E-state index in [1.807, 2.05) is 32.9 Å². The van der Waals surface area contributed by atoms with E-state index in [4.69, 9.17) is 4.74 Å². The first-order valence-electron chi connectivity index (χ1n) is 13.7. The summed E-state index contributed by atoms with van der Waals surface area (Å²) >= 11 is 3.39. The van der Waals surface area contributed by atoms with Crippen LogP contribution in [0.1, 0.15) is 44.2 Å². The van der Waals surface area contributed by atoms with Crippen molar-refractivity contribution in [3.63, 3.8) is 0 Å². The Bertz CT molecular complexity index is 1400. The van der Waals surface area contributed by atoms with E-state index in [9.17, 15) is 18.0 Å². The summed E-state index contributed by atoms with van der Waals surface area (Å²) in [6.45, 7) is 5.90. The van der Waals surface area contributed by atoms with Gasteiger partial charge in [0.1, 0.15) is 18.3 Å². The molecule has 3 rings (SSSR count). The molecule has 3 aromatic carbocycles. The molecule has 0 aromatic heterocycles. The molecule has 0 aliphatic carbocycles. The maximum absolute atomic E-state index is 14.1. The SMILES string of the molecule is CCCCNC(=O)C(CC)N(Cc1ccc(OC)cc1)C(=O)CN(c1ccc(Br)cc1)S(=O)(=O)c1ccc(C)cc1. The lowest BCUT2D eigenvalue weighted by molar-refractivity contribution is -0.140. The number of halogens is 1. The maximum Gasteiger partial charge on any atom is 0.264 e. The molecule has 1 unspecified atom stereocenters. The Kier molecular flexibility index (Phi) is 11.8. The first kappa shape index (κ1) is 32.1. The second-order valence-electron chi connectivity index (χ2n) is 9.74. The zero-order valence-electron chi connectivity index (χ0n) is 24.0. The Morgan fingerprint density at radius 2 is 1.59 bits per heavy atom. The first-order chi connectivity index (χ1) is 19.6. The minimum atomic E-state index is -4.11. The van der Waals surface area contributed by atoms with Crippen molar-refractivity contribution in [2.24, 2.45) is 0 Å². The van der Waals surface area contributed by atoms with Gasteiger partial charge in [0.25, 0.3) is 10.0 Å². The molecule has 10 heteroatoms. The van der Waals surface area contributed by atoms with E-state index in [2.05, 4.69) is 21.2 Å². The van der Waals surface area contributed by atoms with Crippen LogP contribution in [0.5, 0.6) is 5.75 Å². The van der Waals surface area contributed by atoms with Crippen molar-refractivity contribution >= 4 is 43.5 Å². The number of sulfonamides is 1. The van der Waals surface area contributed by atoms with Gasteiger partial charge in [-0.3, -0.25) is 13.9 Å². The lowest BCUT2D eigenvalue weighted by Crippen LogP contribution is -2.52. The van der Waals surface area contributed by atoms with Gasteiger partial charge >= 0.3 is 0 Å². The fourth-order valence-electron chi connectivity index (χ4n) is 4.33. The van der Waals surface area contributed by atoms with Gasteiger partial charge in [0.15, 0.2) is 0 Å². The second kappa shape index (κ2) is 15.0. The summed E-state index contributed by atoms with van der Waals surface area (Å²) in [5.74, 6) is -0.0853. The number of nitrogens with one attached hydrogen (secondary N) is 1. The molecular formula is C31H38BrN3O5S. The number of carbonyl (C=O) groups is 2. The van der Waals surface area contributed by atoms with Crippen LogP contribution in [-0.2, 0) is 26.2 Å². The predicted molar refractivity (Wildman–Crippen MR) is 165 cm³/mol. The van der Waals surface area contributed by atoms with Crippen LogP contribution in [0, 0.1) is 6.92 Å². The summed E-state index contributed by atoms with van der Waals surface area (Å²) < 4.78 is 35.0. The van der Waals surface area contributed by atoms with E-state index >= 15 is 0 Å². The number of carbonyl (C=O) groups excluding carboxylic acids is 2. The van der Waals surface area contributed by atoms with Crippen molar-refractivity contribution in [2.75, 3.05) is 24.5 Å². The van der Waals surface area contributed by atoms with Crippen molar-refractivity contribution in [1.29, 1.82) is 0 Å². The van der Waals surface area contributed by atoms with Gasteiger partial charge in [0, 0.05) is 17.6 Å². The third-order valence-electron chi connectivity index (χ3n) is 6.73. The molecule has 0 fully saturated rings. The predicted octanol–water partition coefficient (Wildman–Crippen LogP) is 5.69. The molecule has 2 amide bonds. The van der Waals surface area contributed by atoms with Crippen LogP contribution in [0.25, 0.3) is 0 Å². The minimum Gasteiger partial charge on any atom is -0.497 e. The smallest absolute Gasteiger partial charge is 0.264 e. The Morgan fingerprint density at radius 3 is 2.15 bits per heavy atom. The number of unbranched alkanes of at least 4 members (excludes halogenated alkanes) is 1. The highest BCUT2D eigenvalue weighted by molar-refractivity contribution is 9.10. The van der Waals surface area contributed by atoms with Gasteiger partial charge < -0.3 is 15.0 Å². The summed E-state index contributed by atoms with van der Waals surface area (Å²) in [6, 6.07) is 19.7. The number of aryl methyl sites for hydroxylation is 1. The topological polar surface area (TPSA) is 96.0 Å². The van der Waals surface area contributed by atoms with Crippen molar-refractivity contribution in [3.8, 4) is 5.75 Å². The summed E-state index contributed by atoms with van der Waals surface area (Å²) in [7, 11) is -2.54. The molecular weight excluding hydrogens is 606 g/mol. The van der Waals surface area contributed by atoms with Crippen LogP contribution in [0.15, 0.2) is 82.2 Å². The van der Waals surface area contributed by atoms with E-state index in [1.165, 1.54) is 17.0 Å². The summed E-state index contributed by atoms with van der Waals surface area (Å²) in [6.07, 6.45) is 2.11. The van der Waals surface area contributed by atoms with Crippen LogP contribution in [0.4, 0.5) is 5.69 Å². The highest BCUT2D eigenvalue weighted by Gasteiger charge is 2.33. The van der Waals surface area contributed by atoms with Gasteiger partial charge in [0.2, 0.25) is 11.8 Å². The molecule has 0 bridgehead atoms. The fourth-order valence-corrected chi connectivity index (χ4v) is 6.01. The zero-order valence-corrected chi connectivity index (χ0v) is 26.4. The number of nitrogens with zero attached hydrogens (tertiary/aromatic N) is 2. The lowest BCUT2D eigenvalue weighted by atomic mass is 10.1. The molecule has 8 nitrogen and oxygen atoms in total. The maximum atomic E-state index is 14.1. The largest absolute Gasteiger partial charge is 0.497 e. The van der Waals surface area contributed by atoms with E-state index in [0.717, 1.165) is 32.7 Å². The summed E-state index contributed by atoms with van der Waals surface area (Å²) in [5.41, 5.74) is 2.04. The number of hydrogen-bond donors (Lipinski definition) is 1. The molecule has 41 heavy (non-hydrogen) atoms. The Labute approximate surface area is 251 Å². The molecule has 0 spiro atoms. The van der Waals surface area contributed by atoms with E-state index in [1.54, 1.807) is 55.6 Å². The normalized spacial score (nSPS) is 11.9. The quantitative estimate of drug-likeness (QED) is 0.228. The molecule has 0 aliphatic heterocycles. The number of amides is 2. The molecule has 0 saturated heterocycles.